The molecule has 0 radical (unpaired) electrons. The Kier molecular flexibility index (Phi) is 5.46. The molecule has 2 unspecified atom stereocenters. The molecule has 0 aliphatic heterocycles. The number of anilines is 1. The van der Waals surface area contributed by atoms with E-state index in [4.69, 9.17) is 5.26 Å². The van der Waals surface area contributed by atoms with Gasteiger partial charge < -0.3 is 14.6 Å². The largest absolute Gasteiger partial charge is 0.393 e. The molecule has 0 spiro atoms. The first-order chi connectivity index (χ1) is 13.5. The lowest BCUT2D eigenvalue weighted by Crippen LogP contribution is -2.47. The second kappa shape index (κ2) is 7.56. The second-order valence-corrected chi connectivity index (χ2v) is 8.07. The fourth-order valence-corrected chi connectivity index (χ4v) is 3.96. The topological polar surface area (TPSA) is 65.1 Å². The molecule has 0 saturated heterocycles. The summed E-state index contributed by atoms with van der Waals surface area (Å²) in [5.74, 6) is 0. The van der Waals surface area contributed by atoms with E-state index < -0.39 is 18.7 Å². The van der Waals surface area contributed by atoms with Crippen molar-refractivity contribution in [2.45, 2.75) is 45.0 Å². The van der Waals surface area contributed by atoms with Gasteiger partial charge >= 0.3 is 6.18 Å². The molecule has 0 bridgehead atoms. The first-order valence-electron chi connectivity index (χ1n) is 9.22. The van der Waals surface area contributed by atoms with Crippen LogP contribution in [0.15, 0.2) is 43.0 Å². The Hall–Kier alpha value is -2.79. The zero-order chi connectivity index (χ0) is 21.4. The monoisotopic (exact) mass is 404 g/mol. The highest BCUT2D eigenvalue weighted by Crippen LogP contribution is 2.40. The first kappa shape index (κ1) is 20.9. The molecule has 29 heavy (non-hydrogen) atoms. The lowest BCUT2D eigenvalue weighted by atomic mass is 9.73. The fraction of sp³-hybridized carbons (Fsp3) is 0.429. The third kappa shape index (κ3) is 4.46. The zero-order valence-corrected chi connectivity index (χ0v) is 16.5. The Balaban J connectivity index is 2.01. The van der Waals surface area contributed by atoms with Gasteiger partial charge in [-0.1, -0.05) is 13.8 Å². The maximum Gasteiger partial charge on any atom is 0.393 e. The number of nitriles is 1. The normalized spacial score (nSPS) is 21.4. The van der Waals surface area contributed by atoms with Crippen molar-refractivity contribution in [3.05, 3.63) is 54.1 Å². The number of imidazole rings is 1. The summed E-state index contributed by atoms with van der Waals surface area (Å²) < 4.78 is 40.6. The van der Waals surface area contributed by atoms with Crippen molar-refractivity contribution in [1.29, 1.82) is 5.26 Å². The van der Waals surface area contributed by atoms with Crippen LogP contribution in [-0.2, 0) is 6.42 Å². The van der Waals surface area contributed by atoms with Gasteiger partial charge in [-0.15, -0.1) is 0 Å². The second-order valence-electron chi connectivity index (χ2n) is 8.07. The van der Waals surface area contributed by atoms with Gasteiger partial charge in [-0.25, -0.2) is 4.98 Å². The first-order valence-corrected chi connectivity index (χ1v) is 9.22. The van der Waals surface area contributed by atoms with Gasteiger partial charge in [0.2, 0.25) is 0 Å². The van der Waals surface area contributed by atoms with E-state index in [0.29, 0.717) is 17.8 Å². The summed E-state index contributed by atoms with van der Waals surface area (Å²) in [4.78, 5) is 5.91. The molecule has 2 aromatic rings. The highest BCUT2D eigenvalue weighted by molar-refractivity contribution is 5.59. The van der Waals surface area contributed by atoms with E-state index in [1.165, 1.54) is 12.1 Å². The minimum atomic E-state index is -4.40. The van der Waals surface area contributed by atoms with Crippen molar-refractivity contribution in [1.82, 2.24) is 9.55 Å². The average Bonchev–Trinajstić information content (AvgIpc) is 3.13. The van der Waals surface area contributed by atoms with Gasteiger partial charge in [0.25, 0.3) is 0 Å². The van der Waals surface area contributed by atoms with E-state index in [0.717, 1.165) is 0 Å². The molecule has 154 valence electrons. The zero-order valence-electron chi connectivity index (χ0n) is 16.5. The van der Waals surface area contributed by atoms with Gasteiger partial charge in [0.05, 0.1) is 42.2 Å². The highest BCUT2D eigenvalue weighted by atomic mass is 19.4. The van der Waals surface area contributed by atoms with Crippen molar-refractivity contribution in [3.8, 4) is 6.07 Å². The van der Waals surface area contributed by atoms with Crippen LogP contribution in [-0.4, -0.2) is 40.0 Å². The fourth-order valence-electron chi connectivity index (χ4n) is 3.96. The van der Waals surface area contributed by atoms with Crippen LogP contribution in [0.3, 0.4) is 0 Å². The predicted molar refractivity (Wildman–Crippen MR) is 104 cm³/mol. The number of alkyl halides is 3. The molecule has 1 heterocycles. The summed E-state index contributed by atoms with van der Waals surface area (Å²) in [6.07, 6.45) is 1.16. The Bertz CT molecular complexity index is 942. The number of hydrogen-bond donors (Lipinski definition) is 1. The van der Waals surface area contributed by atoms with E-state index in [1.807, 2.05) is 37.9 Å². The standard InChI is InChI=1S/C21H23F3N4O/c1-20(2)11-18(29)17(28-7-6-26-13-28)9-19(20)27(3)16-5-4-14(12-25)15(8-16)10-21(22,23)24/h4-9,13,18-19,29H,10-11H2,1-3H3. The molecule has 5 nitrogen and oxygen atoms in total. The predicted octanol–water partition coefficient (Wildman–Crippen LogP) is 4.00. The van der Waals surface area contributed by atoms with Crippen molar-refractivity contribution < 1.29 is 18.3 Å². The lowest BCUT2D eigenvalue weighted by molar-refractivity contribution is -0.127. The molecule has 2 atom stereocenters. The molecule has 3 rings (SSSR count). The molecular formula is C21H23F3N4O. The summed E-state index contributed by atoms with van der Waals surface area (Å²) >= 11 is 0. The molecule has 1 aliphatic carbocycles. The van der Waals surface area contributed by atoms with E-state index >= 15 is 0 Å². The number of hydrogen-bond acceptors (Lipinski definition) is 4. The molecule has 0 amide bonds. The number of aromatic nitrogens is 2. The summed E-state index contributed by atoms with van der Waals surface area (Å²) in [5, 5.41) is 19.8. The number of aliphatic hydroxyl groups excluding tert-OH is 1. The quantitative estimate of drug-likeness (QED) is 0.837. The molecule has 1 aliphatic rings. The number of benzene rings is 1. The maximum atomic E-state index is 13.0. The number of likely N-dealkylation sites (N-methyl/N-ethyl adjacent to an activating group) is 1. The summed E-state index contributed by atoms with van der Waals surface area (Å²) in [7, 11) is 1.81. The van der Waals surface area contributed by atoms with Gasteiger partial charge in [-0.3, -0.25) is 0 Å². The minimum Gasteiger partial charge on any atom is -0.387 e. The number of nitrogens with zero attached hydrogens (tertiary/aromatic N) is 4. The molecule has 1 N–H and O–H groups in total. The molecule has 8 heteroatoms. The van der Waals surface area contributed by atoms with E-state index in [9.17, 15) is 18.3 Å². The third-order valence-electron chi connectivity index (χ3n) is 5.42. The van der Waals surface area contributed by atoms with Crippen LogP contribution < -0.4 is 4.90 Å². The van der Waals surface area contributed by atoms with Crippen molar-refractivity contribution in [2.24, 2.45) is 5.41 Å². The third-order valence-corrected chi connectivity index (χ3v) is 5.42. The molecular weight excluding hydrogens is 381 g/mol. The van der Waals surface area contributed by atoms with E-state index in [-0.39, 0.29) is 22.6 Å². The van der Waals surface area contributed by atoms with Gasteiger partial charge in [0, 0.05) is 25.1 Å². The van der Waals surface area contributed by atoms with Gasteiger partial charge in [0.15, 0.2) is 0 Å². The summed E-state index contributed by atoms with van der Waals surface area (Å²) in [6, 6.07) is 6.17. The summed E-state index contributed by atoms with van der Waals surface area (Å²) in [6.45, 7) is 4.03. The Morgan fingerprint density at radius 1 is 1.38 bits per heavy atom. The Morgan fingerprint density at radius 3 is 2.69 bits per heavy atom. The van der Waals surface area contributed by atoms with Gasteiger partial charge in [-0.05, 0) is 41.7 Å². The molecule has 1 aromatic heterocycles. The van der Waals surface area contributed by atoms with Crippen LogP contribution in [0.2, 0.25) is 0 Å². The highest BCUT2D eigenvalue weighted by Gasteiger charge is 2.39. The average molecular weight is 404 g/mol. The van der Waals surface area contributed by atoms with E-state index in [1.54, 1.807) is 29.4 Å². The minimum absolute atomic E-state index is 0.0208. The van der Waals surface area contributed by atoms with E-state index in [2.05, 4.69) is 4.98 Å². The van der Waals surface area contributed by atoms with Crippen LogP contribution in [0.1, 0.15) is 31.4 Å². The van der Waals surface area contributed by atoms with Crippen LogP contribution in [0.25, 0.3) is 5.70 Å². The Labute approximate surface area is 167 Å². The van der Waals surface area contributed by atoms with Crippen LogP contribution in [0, 0.1) is 16.7 Å². The Morgan fingerprint density at radius 2 is 2.10 bits per heavy atom. The number of rotatable bonds is 4. The van der Waals surface area contributed by atoms with Crippen molar-refractivity contribution >= 4 is 11.4 Å². The maximum absolute atomic E-state index is 13.0. The van der Waals surface area contributed by atoms with Crippen LogP contribution in [0.4, 0.5) is 18.9 Å². The molecule has 1 aromatic carbocycles. The smallest absolute Gasteiger partial charge is 0.387 e. The van der Waals surface area contributed by atoms with Crippen LogP contribution >= 0.6 is 0 Å². The lowest BCUT2D eigenvalue weighted by Gasteiger charge is -2.45. The van der Waals surface area contributed by atoms with Crippen molar-refractivity contribution in [2.75, 3.05) is 11.9 Å². The molecule has 0 fully saturated rings. The molecule has 0 saturated carbocycles. The summed E-state index contributed by atoms with van der Waals surface area (Å²) in [5.41, 5.74) is 0.905. The van der Waals surface area contributed by atoms with Gasteiger partial charge in [-0.2, -0.15) is 18.4 Å². The number of halogens is 3. The van der Waals surface area contributed by atoms with Crippen LogP contribution in [0.5, 0.6) is 0 Å². The number of aliphatic hydroxyl groups is 1. The van der Waals surface area contributed by atoms with Gasteiger partial charge in [0.1, 0.15) is 0 Å². The van der Waals surface area contributed by atoms with Crippen molar-refractivity contribution in [3.63, 3.8) is 0 Å². The SMILES string of the molecule is CN(c1ccc(C#N)c(CC(F)(F)F)c1)C1C=C(n2ccnc2)C(O)CC1(C)C.